The van der Waals surface area contributed by atoms with E-state index in [1.54, 1.807) is 18.9 Å². The van der Waals surface area contributed by atoms with Crippen LogP contribution in [0.15, 0.2) is 65.7 Å². The fourth-order valence-electron chi connectivity index (χ4n) is 4.39. The molecule has 1 amide bonds. The molecule has 7 heteroatoms. The largest absolute Gasteiger partial charge is 0.497 e. The number of amides is 1. The molecule has 2 heterocycles. The molecule has 1 aliphatic carbocycles. The smallest absolute Gasteiger partial charge is 0.224 e. The zero-order valence-corrected chi connectivity index (χ0v) is 21.2. The fourth-order valence-corrected chi connectivity index (χ4v) is 4.82. The molecule has 35 heavy (non-hydrogen) atoms. The molecule has 1 saturated carbocycles. The summed E-state index contributed by atoms with van der Waals surface area (Å²) in [6.07, 6.45) is 6.55. The first kappa shape index (κ1) is 23.4. The maximum atomic E-state index is 13.3. The van der Waals surface area contributed by atoms with Crippen molar-refractivity contribution in [3.8, 4) is 17.0 Å². The van der Waals surface area contributed by atoms with E-state index in [0.29, 0.717) is 25.6 Å². The molecule has 6 nitrogen and oxygen atoms in total. The third-order valence-electron chi connectivity index (χ3n) is 6.42. The third kappa shape index (κ3) is 5.35. The lowest BCUT2D eigenvalue weighted by Crippen LogP contribution is -2.33. The van der Waals surface area contributed by atoms with Gasteiger partial charge in [0.1, 0.15) is 5.75 Å². The minimum atomic E-state index is 0.162. The van der Waals surface area contributed by atoms with Crippen LogP contribution in [0, 0.1) is 6.92 Å². The topological polar surface area (TPSA) is 60.2 Å². The van der Waals surface area contributed by atoms with Gasteiger partial charge in [-0.1, -0.05) is 18.2 Å². The number of pyridine rings is 1. The lowest BCUT2D eigenvalue weighted by molar-refractivity contribution is -0.132. The molecule has 0 spiro atoms. The number of carbonyl (C=O) groups excluding carboxylic acids is 1. The van der Waals surface area contributed by atoms with Crippen LogP contribution in [0.2, 0.25) is 0 Å². The first-order valence-corrected chi connectivity index (χ1v) is 13.2. The number of hydrogen-bond acceptors (Lipinski definition) is 5. The number of hydrogen-bond donors (Lipinski definition) is 0. The molecule has 4 aromatic rings. The average Bonchev–Trinajstić information content (AvgIpc) is 3.65. The van der Waals surface area contributed by atoms with Crippen molar-refractivity contribution < 1.29 is 9.53 Å². The van der Waals surface area contributed by atoms with Crippen molar-refractivity contribution in [2.45, 2.75) is 50.2 Å². The summed E-state index contributed by atoms with van der Waals surface area (Å²) >= 11 is 1.71. The van der Waals surface area contributed by atoms with Crippen LogP contribution in [0.25, 0.3) is 22.2 Å². The molecule has 0 aliphatic heterocycles. The summed E-state index contributed by atoms with van der Waals surface area (Å²) in [5.74, 6) is 0.952. The number of thioether (sulfide) groups is 1. The molecule has 0 radical (unpaired) electrons. The summed E-state index contributed by atoms with van der Waals surface area (Å²) in [6, 6.07) is 18.8. The van der Waals surface area contributed by atoms with Crippen molar-refractivity contribution in [2.24, 2.45) is 0 Å². The van der Waals surface area contributed by atoms with Crippen molar-refractivity contribution >= 4 is 28.6 Å². The van der Waals surface area contributed by atoms with Crippen LogP contribution in [-0.4, -0.2) is 45.0 Å². The number of benzene rings is 2. The van der Waals surface area contributed by atoms with Crippen LogP contribution in [-0.2, 0) is 17.9 Å². The van der Waals surface area contributed by atoms with Gasteiger partial charge in [-0.05, 0) is 68.0 Å². The molecule has 1 aliphatic rings. The summed E-state index contributed by atoms with van der Waals surface area (Å²) < 4.78 is 7.33. The van der Waals surface area contributed by atoms with Gasteiger partial charge in [-0.3, -0.25) is 9.48 Å². The highest BCUT2D eigenvalue weighted by molar-refractivity contribution is 7.98. The zero-order chi connectivity index (χ0) is 24.4. The Kier molecular flexibility index (Phi) is 6.77. The molecule has 2 aromatic heterocycles. The molecule has 5 rings (SSSR count). The summed E-state index contributed by atoms with van der Waals surface area (Å²) in [6.45, 7) is 3.09. The van der Waals surface area contributed by atoms with E-state index in [4.69, 9.17) is 9.72 Å². The number of ether oxygens (including phenoxy) is 1. The summed E-state index contributed by atoms with van der Waals surface area (Å²) in [4.78, 5) is 21.7. The van der Waals surface area contributed by atoms with Crippen LogP contribution in [0.4, 0.5) is 0 Å². The van der Waals surface area contributed by atoms with Crippen molar-refractivity contribution in [3.05, 3.63) is 72.1 Å². The molecular formula is C28H30N4O2S. The van der Waals surface area contributed by atoms with E-state index in [2.05, 4.69) is 41.7 Å². The highest BCUT2D eigenvalue weighted by Crippen LogP contribution is 2.34. The van der Waals surface area contributed by atoms with Crippen molar-refractivity contribution in [3.63, 3.8) is 0 Å². The fraction of sp³-hybridized carbons (Fsp3) is 0.321. The highest BCUT2D eigenvalue weighted by Gasteiger charge is 2.33. The zero-order valence-electron chi connectivity index (χ0n) is 20.4. The molecule has 0 bridgehead atoms. The van der Waals surface area contributed by atoms with E-state index in [0.717, 1.165) is 52.0 Å². The first-order valence-electron chi connectivity index (χ1n) is 12.0. The van der Waals surface area contributed by atoms with Crippen LogP contribution < -0.4 is 4.74 Å². The Balaban J connectivity index is 1.49. The van der Waals surface area contributed by atoms with Gasteiger partial charge in [0.25, 0.3) is 0 Å². The van der Waals surface area contributed by atoms with Gasteiger partial charge in [0.15, 0.2) is 0 Å². The predicted molar refractivity (Wildman–Crippen MR) is 141 cm³/mol. The lowest BCUT2D eigenvalue weighted by Gasteiger charge is -2.24. The number of rotatable bonds is 9. The van der Waals surface area contributed by atoms with Crippen molar-refractivity contribution in [1.82, 2.24) is 19.7 Å². The minimum absolute atomic E-state index is 0.162. The quantitative estimate of drug-likeness (QED) is 0.283. The van der Waals surface area contributed by atoms with Crippen molar-refractivity contribution in [1.29, 1.82) is 0 Å². The van der Waals surface area contributed by atoms with E-state index >= 15 is 0 Å². The molecule has 0 atom stereocenters. The standard InChI is InChI=1S/C28H30N4O2S/c1-19-11-13-31(30-19)14-12-27(33)32(23-8-9-23)18-22-15-20-7-10-25(35-3)17-26(20)29-28(22)21-5-4-6-24(16-21)34-2/h4-7,10-11,13,15-17,23H,8-9,12,14,18H2,1-3H3. The van der Waals surface area contributed by atoms with E-state index in [1.807, 2.05) is 47.0 Å². The second kappa shape index (κ2) is 10.1. The number of nitrogens with zero attached hydrogens (tertiary/aromatic N) is 4. The molecule has 0 saturated heterocycles. The van der Waals surface area contributed by atoms with Gasteiger partial charge in [-0.25, -0.2) is 4.98 Å². The van der Waals surface area contributed by atoms with Crippen molar-refractivity contribution in [2.75, 3.05) is 13.4 Å². The van der Waals surface area contributed by atoms with Gasteiger partial charge in [0.05, 0.1) is 24.0 Å². The number of carbonyl (C=O) groups is 1. The normalized spacial score (nSPS) is 13.2. The maximum absolute atomic E-state index is 13.3. The van der Waals surface area contributed by atoms with E-state index < -0.39 is 0 Å². The predicted octanol–water partition coefficient (Wildman–Crippen LogP) is 5.72. The van der Waals surface area contributed by atoms with E-state index in [9.17, 15) is 4.79 Å². The number of methoxy groups -OCH3 is 1. The number of aryl methyl sites for hydroxylation is 2. The Labute approximate surface area is 210 Å². The van der Waals surface area contributed by atoms with Gasteiger partial charge < -0.3 is 9.64 Å². The Morgan fingerprint density at radius 1 is 1.17 bits per heavy atom. The second-order valence-corrected chi connectivity index (χ2v) is 9.89. The van der Waals surface area contributed by atoms with Gasteiger partial charge >= 0.3 is 0 Å². The monoisotopic (exact) mass is 486 g/mol. The number of aromatic nitrogens is 3. The van der Waals surface area contributed by atoms with Crippen LogP contribution >= 0.6 is 11.8 Å². The van der Waals surface area contributed by atoms with Crippen LogP contribution in [0.1, 0.15) is 30.5 Å². The van der Waals surface area contributed by atoms with Crippen LogP contribution in [0.5, 0.6) is 5.75 Å². The molecule has 2 aromatic carbocycles. The molecule has 0 N–H and O–H groups in total. The molecule has 0 unspecified atom stereocenters. The second-order valence-electron chi connectivity index (χ2n) is 9.01. The first-order chi connectivity index (χ1) is 17.0. The Bertz CT molecular complexity index is 1360. The van der Waals surface area contributed by atoms with Gasteiger partial charge in [0.2, 0.25) is 5.91 Å². The number of fused-ring (bicyclic) bond motifs is 1. The summed E-state index contributed by atoms with van der Waals surface area (Å²) in [7, 11) is 1.67. The Hall–Kier alpha value is -3.32. The third-order valence-corrected chi connectivity index (χ3v) is 7.15. The van der Waals surface area contributed by atoms with Gasteiger partial charge in [0, 0.05) is 47.6 Å². The van der Waals surface area contributed by atoms with E-state index in [-0.39, 0.29) is 5.91 Å². The Morgan fingerprint density at radius 2 is 2.03 bits per heavy atom. The lowest BCUT2D eigenvalue weighted by atomic mass is 10.0. The molecule has 180 valence electrons. The van der Waals surface area contributed by atoms with Gasteiger partial charge in [-0.2, -0.15) is 5.10 Å². The van der Waals surface area contributed by atoms with Crippen LogP contribution in [0.3, 0.4) is 0 Å². The minimum Gasteiger partial charge on any atom is -0.497 e. The summed E-state index contributed by atoms with van der Waals surface area (Å²) in [5, 5.41) is 5.51. The average molecular weight is 487 g/mol. The Morgan fingerprint density at radius 3 is 2.74 bits per heavy atom. The van der Waals surface area contributed by atoms with E-state index in [1.165, 1.54) is 4.90 Å². The molecular weight excluding hydrogens is 456 g/mol. The van der Waals surface area contributed by atoms with Gasteiger partial charge in [-0.15, -0.1) is 11.8 Å². The summed E-state index contributed by atoms with van der Waals surface area (Å²) in [5.41, 5.74) is 4.86. The SMILES string of the molecule is COc1cccc(-c2nc3cc(SC)ccc3cc2CN(C(=O)CCn2ccc(C)n2)C2CC2)c1. The highest BCUT2D eigenvalue weighted by atomic mass is 32.2. The molecule has 1 fully saturated rings. The maximum Gasteiger partial charge on any atom is 0.224 e.